The van der Waals surface area contributed by atoms with Gasteiger partial charge in [0.25, 0.3) is 0 Å². The van der Waals surface area contributed by atoms with E-state index in [0.717, 1.165) is 51.4 Å². The molecule has 0 aromatic carbocycles. The molecule has 16 heavy (non-hydrogen) atoms. The number of carbonyl (C=O) groups is 2. The number of hydrogen-bond donors (Lipinski definition) is 2. The standard InChI is InChI=1S/2C6H10O2/c2*7-6(8)5-3-1-2-4-5/h2*5H,1-4H2,(H,7,8). The monoisotopic (exact) mass is 228 g/mol. The van der Waals surface area contributed by atoms with Gasteiger partial charge in [-0.15, -0.1) is 0 Å². The summed E-state index contributed by atoms with van der Waals surface area (Å²) in [4.78, 5) is 20.4. The number of rotatable bonds is 2. The highest BCUT2D eigenvalue weighted by Gasteiger charge is 2.21. The zero-order valence-electron chi connectivity index (χ0n) is 9.52. The van der Waals surface area contributed by atoms with E-state index < -0.39 is 11.9 Å². The highest BCUT2D eigenvalue weighted by Crippen LogP contribution is 2.24. The normalized spacial score (nSPS) is 21.5. The van der Waals surface area contributed by atoms with Crippen molar-refractivity contribution in [1.29, 1.82) is 0 Å². The van der Waals surface area contributed by atoms with E-state index >= 15 is 0 Å². The first kappa shape index (κ1) is 13.0. The number of aliphatic carboxylic acids is 2. The van der Waals surface area contributed by atoms with Crippen LogP contribution in [0.5, 0.6) is 0 Å². The fourth-order valence-corrected chi connectivity index (χ4v) is 2.35. The Morgan fingerprint density at radius 2 is 0.938 bits per heavy atom. The highest BCUT2D eigenvalue weighted by atomic mass is 16.4. The Bertz CT molecular complexity index is 211. The zero-order valence-corrected chi connectivity index (χ0v) is 9.52. The molecular formula is C12H20O4. The van der Waals surface area contributed by atoms with E-state index in [1.807, 2.05) is 0 Å². The molecular weight excluding hydrogens is 208 g/mol. The van der Waals surface area contributed by atoms with Crippen LogP contribution in [0.15, 0.2) is 0 Å². The molecule has 0 aromatic heterocycles. The van der Waals surface area contributed by atoms with Gasteiger partial charge in [-0.2, -0.15) is 0 Å². The van der Waals surface area contributed by atoms with Crippen LogP contribution in [0.2, 0.25) is 0 Å². The van der Waals surface area contributed by atoms with Crippen LogP contribution in [0.1, 0.15) is 51.4 Å². The molecule has 0 amide bonds. The van der Waals surface area contributed by atoms with Crippen LogP contribution in [-0.4, -0.2) is 22.2 Å². The maximum absolute atomic E-state index is 10.2. The van der Waals surface area contributed by atoms with E-state index in [-0.39, 0.29) is 11.8 Å². The van der Waals surface area contributed by atoms with Crippen molar-refractivity contribution < 1.29 is 19.8 Å². The molecule has 0 spiro atoms. The molecule has 0 saturated heterocycles. The average molecular weight is 228 g/mol. The molecule has 2 N–H and O–H groups in total. The minimum absolute atomic E-state index is 0.0185. The van der Waals surface area contributed by atoms with Crippen LogP contribution in [0, 0.1) is 11.8 Å². The van der Waals surface area contributed by atoms with Gasteiger partial charge >= 0.3 is 11.9 Å². The van der Waals surface area contributed by atoms with Crippen LogP contribution >= 0.6 is 0 Å². The Morgan fingerprint density at radius 3 is 1.06 bits per heavy atom. The van der Waals surface area contributed by atoms with Gasteiger partial charge in [-0.3, -0.25) is 9.59 Å². The number of hydrogen-bond acceptors (Lipinski definition) is 2. The third-order valence-electron chi connectivity index (χ3n) is 3.41. The van der Waals surface area contributed by atoms with Gasteiger partial charge in [0.15, 0.2) is 0 Å². The van der Waals surface area contributed by atoms with Crippen molar-refractivity contribution in [2.45, 2.75) is 51.4 Å². The predicted molar refractivity (Wildman–Crippen MR) is 59.2 cm³/mol. The SMILES string of the molecule is O=C(O)C1CCCC1.O=C(O)C1CCCC1. The Morgan fingerprint density at radius 1 is 0.688 bits per heavy atom. The molecule has 92 valence electrons. The summed E-state index contributed by atoms with van der Waals surface area (Å²) >= 11 is 0. The van der Waals surface area contributed by atoms with Crippen molar-refractivity contribution in [1.82, 2.24) is 0 Å². The summed E-state index contributed by atoms with van der Waals surface area (Å²) in [6, 6.07) is 0. The van der Waals surface area contributed by atoms with Crippen molar-refractivity contribution in [3.8, 4) is 0 Å². The van der Waals surface area contributed by atoms with Gasteiger partial charge in [0.05, 0.1) is 11.8 Å². The molecule has 0 aliphatic heterocycles. The average Bonchev–Trinajstić information content (AvgIpc) is 2.93. The van der Waals surface area contributed by atoms with Crippen molar-refractivity contribution in [3.63, 3.8) is 0 Å². The smallest absolute Gasteiger partial charge is 0.306 e. The summed E-state index contributed by atoms with van der Waals surface area (Å²) in [7, 11) is 0. The van der Waals surface area contributed by atoms with Gasteiger partial charge in [0.1, 0.15) is 0 Å². The van der Waals surface area contributed by atoms with Crippen LogP contribution in [0.25, 0.3) is 0 Å². The first-order chi connectivity index (χ1) is 7.61. The molecule has 0 radical (unpaired) electrons. The van der Waals surface area contributed by atoms with Gasteiger partial charge in [-0.25, -0.2) is 0 Å². The topological polar surface area (TPSA) is 74.6 Å². The first-order valence-corrected chi connectivity index (χ1v) is 6.07. The van der Waals surface area contributed by atoms with E-state index in [1.165, 1.54) is 0 Å². The molecule has 4 nitrogen and oxygen atoms in total. The fraction of sp³-hybridized carbons (Fsp3) is 0.833. The highest BCUT2D eigenvalue weighted by molar-refractivity contribution is 5.70. The van der Waals surface area contributed by atoms with Gasteiger partial charge in [0.2, 0.25) is 0 Å². The summed E-state index contributed by atoms with van der Waals surface area (Å²) in [5.74, 6) is -1.25. The Hall–Kier alpha value is -1.06. The van der Waals surface area contributed by atoms with E-state index in [1.54, 1.807) is 0 Å². The summed E-state index contributed by atoms with van der Waals surface area (Å²) in [5.41, 5.74) is 0. The van der Waals surface area contributed by atoms with Crippen molar-refractivity contribution in [3.05, 3.63) is 0 Å². The fourth-order valence-electron chi connectivity index (χ4n) is 2.35. The van der Waals surface area contributed by atoms with E-state index in [9.17, 15) is 9.59 Å². The Kier molecular flexibility index (Phi) is 5.29. The second-order valence-electron chi connectivity index (χ2n) is 4.64. The Balaban J connectivity index is 0.000000160. The maximum Gasteiger partial charge on any atom is 0.306 e. The lowest BCUT2D eigenvalue weighted by Crippen LogP contribution is -2.07. The molecule has 0 bridgehead atoms. The largest absolute Gasteiger partial charge is 0.481 e. The minimum Gasteiger partial charge on any atom is -0.481 e. The minimum atomic E-state index is -0.609. The van der Waals surface area contributed by atoms with Gasteiger partial charge < -0.3 is 10.2 Å². The van der Waals surface area contributed by atoms with Gasteiger partial charge in [-0.05, 0) is 25.7 Å². The third kappa shape index (κ3) is 4.21. The molecule has 2 aliphatic carbocycles. The van der Waals surface area contributed by atoms with Crippen molar-refractivity contribution >= 4 is 11.9 Å². The molecule has 2 saturated carbocycles. The third-order valence-corrected chi connectivity index (χ3v) is 3.41. The molecule has 4 heteroatoms. The summed E-state index contributed by atoms with van der Waals surface area (Å²) in [5, 5.41) is 16.8. The zero-order chi connectivity index (χ0) is 12.0. The van der Waals surface area contributed by atoms with Crippen molar-refractivity contribution in [2.24, 2.45) is 11.8 Å². The molecule has 2 rings (SSSR count). The van der Waals surface area contributed by atoms with Gasteiger partial charge in [0, 0.05) is 0 Å². The van der Waals surface area contributed by atoms with Crippen LogP contribution in [0.3, 0.4) is 0 Å². The first-order valence-electron chi connectivity index (χ1n) is 6.07. The van der Waals surface area contributed by atoms with Crippen LogP contribution in [0.4, 0.5) is 0 Å². The van der Waals surface area contributed by atoms with E-state index in [2.05, 4.69) is 0 Å². The van der Waals surface area contributed by atoms with Crippen molar-refractivity contribution in [2.75, 3.05) is 0 Å². The lowest BCUT2D eigenvalue weighted by molar-refractivity contribution is -0.142. The van der Waals surface area contributed by atoms with Crippen LogP contribution < -0.4 is 0 Å². The van der Waals surface area contributed by atoms with E-state index in [0.29, 0.717) is 0 Å². The lowest BCUT2D eigenvalue weighted by atomic mass is 10.1. The molecule has 0 aromatic rings. The Labute approximate surface area is 95.7 Å². The molecule has 2 aliphatic rings. The number of carboxylic acids is 2. The molecule has 0 heterocycles. The summed E-state index contributed by atoms with van der Waals surface area (Å²) in [6.07, 6.45) is 8.02. The molecule has 0 unspecified atom stereocenters. The lowest BCUT2D eigenvalue weighted by Gasteiger charge is -1.97. The second kappa shape index (κ2) is 6.51. The second-order valence-corrected chi connectivity index (χ2v) is 4.64. The molecule has 2 fully saturated rings. The molecule has 0 atom stereocenters. The summed E-state index contributed by atoms with van der Waals surface area (Å²) in [6.45, 7) is 0. The maximum atomic E-state index is 10.2. The van der Waals surface area contributed by atoms with E-state index in [4.69, 9.17) is 10.2 Å². The quantitative estimate of drug-likeness (QED) is 0.761. The predicted octanol–water partition coefficient (Wildman–Crippen LogP) is 2.52. The van der Waals surface area contributed by atoms with Crippen LogP contribution in [-0.2, 0) is 9.59 Å². The van der Waals surface area contributed by atoms with Gasteiger partial charge in [-0.1, -0.05) is 25.7 Å². The summed E-state index contributed by atoms with van der Waals surface area (Å²) < 4.78 is 0. The number of carboxylic acid groups (broad SMARTS) is 2.